The largest absolute Gasteiger partial charge is 0.354 e. The Kier molecular flexibility index (Phi) is 5.33. The first-order valence-corrected chi connectivity index (χ1v) is 10.5. The van der Waals surface area contributed by atoms with E-state index in [1.165, 1.54) is 23.1 Å². The van der Waals surface area contributed by atoms with Gasteiger partial charge in [-0.3, -0.25) is 9.20 Å². The maximum absolute atomic E-state index is 12.2. The summed E-state index contributed by atoms with van der Waals surface area (Å²) in [4.78, 5) is 23.0. The fourth-order valence-electron chi connectivity index (χ4n) is 2.49. The number of carbonyl (C=O) groups excluding carboxylic acids is 1. The van der Waals surface area contributed by atoms with Crippen LogP contribution in [0, 0.1) is 0 Å². The summed E-state index contributed by atoms with van der Waals surface area (Å²) in [5.74, 6) is 0.109. The van der Waals surface area contributed by atoms with Gasteiger partial charge in [0.25, 0.3) is 0 Å². The molecule has 0 unspecified atom stereocenters. The van der Waals surface area contributed by atoms with Crippen molar-refractivity contribution in [3.8, 4) is 0 Å². The van der Waals surface area contributed by atoms with Crippen molar-refractivity contribution in [1.82, 2.24) is 29.9 Å². The first kappa shape index (κ1) is 18.9. The first-order valence-electron chi connectivity index (χ1n) is 8.33. The fraction of sp³-hybridized carbons (Fsp3) is 0.235. The van der Waals surface area contributed by atoms with E-state index in [0.29, 0.717) is 28.0 Å². The number of nitrogens with zero attached hydrogens (tertiary/aromatic N) is 6. The van der Waals surface area contributed by atoms with Gasteiger partial charge in [0.1, 0.15) is 11.0 Å². The summed E-state index contributed by atoms with van der Waals surface area (Å²) in [6.45, 7) is 0.385. The van der Waals surface area contributed by atoms with Gasteiger partial charge in [0.15, 0.2) is 21.6 Å². The molecule has 0 fully saturated rings. The Morgan fingerprint density at radius 3 is 2.93 bits per heavy atom. The summed E-state index contributed by atoms with van der Waals surface area (Å²) in [5.41, 5.74) is 2.21. The van der Waals surface area contributed by atoms with E-state index in [0.717, 1.165) is 15.4 Å². The van der Waals surface area contributed by atoms with Gasteiger partial charge in [0, 0.05) is 25.7 Å². The molecule has 0 saturated heterocycles. The second-order valence-electron chi connectivity index (χ2n) is 6.12. The number of thioether (sulfide) groups is 1. The smallest absolute Gasteiger partial charge is 0.230 e. The zero-order chi connectivity index (χ0) is 19.7. The fourth-order valence-corrected chi connectivity index (χ4v) is 4.34. The molecular formula is C17H16ClN7OS2. The molecule has 0 radical (unpaired) electrons. The highest BCUT2D eigenvalue weighted by atomic mass is 35.5. The maximum atomic E-state index is 12.2. The molecule has 4 aromatic rings. The van der Waals surface area contributed by atoms with Gasteiger partial charge in [0.05, 0.1) is 5.75 Å². The van der Waals surface area contributed by atoms with Gasteiger partial charge in [-0.2, -0.15) is 4.98 Å². The number of hydrogen-bond acceptors (Lipinski definition) is 8. The molecule has 1 aromatic carbocycles. The van der Waals surface area contributed by atoms with Crippen LogP contribution in [-0.2, 0) is 11.3 Å². The van der Waals surface area contributed by atoms with Crippen LogP contribution >= 0.6 is 34.7 Å². The lowest BCUT2D eigenvalue weighted by molar-refractivity contribution is -0.118. The maximum Gasteiger partial charge on any atom is 0.230 e. The predicted octanol–water partition coefficient (Wildman–Crippen LogP) is 2.86. The zero-order valence-corrected chi connectivity index (χ0v) is 17.5. The Balaban J connectivity index is 1.45. The Bertz CT molecular complexity index is 1160. The molecule has 1 amide bonds. The number of benzene rings is 1. The molecule has 4 rings (SSSR count). The number of fused-ring (bicyclic) bond motifs is 3. The number of hydrogen-bond donors (Lipinski definition) is 1. The van der Waals surface area contributed by atoms with Crippen molar-refractivity contribution in [1.29, 1.82) is 0 Å². The predicted molar refractivity (Wildman–Crippen MR) is 112 cm³/mol. The highest BCUT2D eigenvalue weighted by Gasteiger charge is 2.16. The summed E-state index contributed by atoms with van der Waals surface area (Å²) in [7, 11) is 3.86. The molecular weight excluding hydrogens is 418 g/mol. The second kappa shape index (κ2) is 7.90. The van der Waals surface area contributed by atoms with Crippen molar-refractivity contribution in [2.45, 2.75) is 11.7 Å². The van der Waals surface area contributed by atoms with Crippen LogP contribution in [0.25, 0.3) is 16.0 Å². The summed E-state index contributed by atoms with van der Waals surface area (Å²) < 4.78 is 2.65. The molecule has 0 aliphatic rings. The van der Waals surface area contributed by atoms with Crippen LogP contribution in [0.5, 0.6) is 0 Å². The first-order chi connectivity index (χ1) is 13.5. The van der Waals surface area contributed by atoms with Crippen molar-refractivity contribution >= 4 is 61.7 Å². The van der Waals surface area contributed by atoms with Gasteiger partial charge in [-0.25, -0.2) is 4.98 Å². The standard InChI is InChI=1S/C17H16ClN7OS2/c1-24(2)16-21-14-13(28-16)15-22-23-17(25(15)9-20-14)27-8-12(26)19-7-10-5-3-4-6-11(10)18/h3-6,9H,7-8H2,1-2H3,(H,19,26). The van der Waals surface area contributed by atoms with E-state index in [1.807, 2.05) is 37.2 Å². The van der Waals surface area contributed by atoms with Crippen LogP contribution in [0.3, 0.4) is 0 Å². The average Bonchev–Trinajstić information content (AvgIpc) is 3.29. The Morgan fingerprint density at radius 1 is 1.32 bits per heavy atom. The number of nitrogens with one attached hydrogen (secondary N) is 1. The van der Waals surface area contributed by atoms with Crippen LogP contribution in [-0.4, -0.2) is 50.3 Å². The van der Waals surface area contributed by atoms with E-state index in [4.69, 9.17) is 11.6 Å². The molecule has 3 aromatic heterocycles. The summed E-state index contributed by atoms with van der Waals surface area (Å²) in [5, 5.41) is 13.4. The summed E-state index contributed by atoms with van der Waals surface area (Å²) >= 11 is 8.92. The molecule has 0 aliphatic carbocycles. The van der Waals surface area contributed by atoms with Crippen LogP contribution in [0.15, 0.2) is 35.7 Å². The monoisotopic (exact) mass is 433 g/mol. The van der Waals surface area contributed by atoms with Gasteiger partial charge >= 0.3 is 0 Å². The van der Waals surface area contributed by atoms with E-state index in [1.54, 1.807) is 16.8 Å². The van der Waals surface area contributed by atoms with Crippen LogP contribution in [0.2, 0.25) is 5.02 Å². The third-order valence-electron chi connectivity index (χ3n) is 3.91. The minimum Gasteiger partial charge on any atom is -0.354 e. The third kappa shape index (κ3) is 3.75. The highest BCUT2D eigenvalue weighted by molar-refractivity contribution is 7.99. The topological polar surface area (TPSA) is 88.3 Å². The Labute approximate surface area is 173 Å². The molecule has 8 nitrogen and oxygen atoms in total. The molecule has 0 spiro atoms. The van der Waals surface area contributed by atoms with Gasteiger partial charge < -0.3 is 10.2 Å². The number of halogens is 1. The third-order valence-corrected chi connectivity index (χ3v) is 6.43. The highest BCUT2D eigenvalue weighted by Crippen LogP contribution is 2.30. The van der Waals surface area contributed by atoms with Gasteiger partial charge in [-0.1, -0.05) is 52.9 Å². The SMILES string of the molecule is CN(C)c1nc2ncn3c(SCC(=O)NCc4ccccc4Cl)nnc3c2s1. The molecule has 0 aliphatic heterocycles. The molecule has 1 N–H and O–H groups in total. The molecule has 0 saturated carbocycles. The van der Waals surface area contributed by atoms with E-state index < -0.39 is 0 Å². The van der Waals surface area contributed by atoms with Crippen molar-refractivity contribution in [3.05, 3.63) is 41.2 Å². The number of thiazole rings is 1. The normalized spacial score (nSPS) is 11.2. The molecule has 3 heterocycles. The van der Waals surface area contributed by atoms with Crippen molar-refractivity contribution in [3.63, 3.8) is 0 Å². The lowest BCUT2D eigenvalue weighted by atomic mass is 10.2. The van der Waals surface area contributed by atoms with Crippen molar-refractivity contribution in [2.75, 3.05) is 24.7 Å². The van der Waals surface area contributed by atoms with Crippen LogP contribution < -0.4 is 10.2 Å². The van der Waals surface area contributed by atoms with E-state index in [2.05, 4.69) is 25.5 Å². The molecule has 28 heavy (non-hydrogen) atoms. The van der Waals surface area contributed by atoms with Gasteiger partial charge in [-0.15, -0.1) is 10.2 Å². The average molecular weight is 434 g/mol. The lowest BCUT2D eigenvalue weighted by Gasteiger charge is -2.06. The lowest BCUT2D eigenvalue weighted by Crippen LogP contribution is -2.24. The molecule has 11 heteroatoms. The Morgan fingerprint density at radius 2 is 2.14 bits per heavy atom. The van der Waals surface area contributed by atoms with E-state index >= 15 is 0 Å². The molecule has 0 bridgehead atoms. The number of rotatable bonds is 6. The molecule has 144 valence electrons. The second-order valence-corrected chi connectivity index (χ2v) is 8.45. The Hall–Kier alpha value is -2.43. The quantitative estimate of drug-likeness (QED) is 0.467. The van der Waals surface area contributed by atoms with Gasteiger partial charge in [0.2, 0.25) is 5.91 Å². The number of amides is 1. The van der Waals surface area contributed by atoms with Crippen LogP contribution in [0.1, 0.15) is 5.56 Å². The number of aromatic nitrogens is 5. The summed E-state index contributed by atoms with van der Waals surface area (Å²) in [6.07, 6.45) is 1.64. The van der Waals surface area contributed by atoms with E-state index in [-0.39, 0.29) is 11.7 Å². The molecule has 0 atom stereocenters. The van der Waals surface area contributed by atoms with E-state index in [9.17, 15) is 4.79 Å². The zero-order valence-electron chi connectivity index (χ0n) is 15.1. The number of anilines is 1. The van der Waals surface area contributed by atoms with Crippen molar-refractivity contribution in [2.24, 2.45) is 0 Å². The van der Waals surface area contributed by atoms with Crippen molar-refractivity contribution < 1.29 is 4.79 Å². The minimum atomic E-state index is -0.108. The number of carbonyl (C=O) groups is 1. The summed E-state index contributed by atoms with van der Waals surface area (Å²) in [6, 6.07) is 7.43. The minimum absolute atomic E-state index is 0.108. The van der Waals surface area contributed by atoms with Crippen LogP contribution in [0.4, 0.5) is 5.13 Å². The van der Waals surface area contributed by atoms with Gasteiger partial charge in [-0.05, 0) is 11.6 Å².